The van der Waals surface area contributed by atoms with Gasteiger partial charge in [0, 0.05) is 30.9 Å². The number of nitrogens with two attached hydrogens (primary N) is 1. The number of hydrogen-bond acceptors (Lipinski definition) is 5. The first-order valence-electron chi connectivity index (χ1n) is 9.14. The van der Waals surface area contributed by atoms with Gasteiger partial charge in [-0.15, -0.1) is 0 Å². The van der Waals surface area contributed by atoms with Crippen molar-refractivity contribution in [2.24, 2.45) is 11.7 Å². The van der Waals surface area contributed by atoms with Crippen LogP contribution in [-0.2, 0) is 4.79 Å². The standard InChI is InChI=1S/C20H25N3O4/c1-14(21)15-7-9-23(10-8-15)19(24)13-27-17-5-2-4-16(12-17)22-20(25)18-6-3-11-26-18/h2-6,11-12,14-15H,7-10,13,21H2,1H3,(H,22,25). The second-order valence-electron chi connectivity index (χ2n) is 6.83. The number of amides is 2. The number of hydrogen-bond donors (Lipinski definition) is 2. The largest absolute Gasteiger partial charge is 0.484 e. The van der Waals surface area contributed by atoms with Gasteiger partial charge in [-0.1, -0.05) is 6.07 Å². The highest BCUT2D eigenvalue weighted by Gasteiger charge is 2.24. The molecule has 2 aromatic rings. The van der Waals surface area contributed by atoms with Gasteiger partial charge in [-0.05, 0) is 49.9 Å². The zero-order chi connectivity index (χ0) is 19.2. The van der Waals surface area contributed by atoms with Crippen LogP contribution >= 0.6 is 0 Å². The molecule has 144 valence electrons. The summed E-state index contributed by atoms with van der Waals surface area (Å²) in [6, 6.07) is 10.3. The number of benzene rings is 1. The van der Waals surface area contributed by atoms with Crippen LogP contribution in [0, 0.1) is 5.92 Å². The highest BCUT2D eigenvalue weighted by Crippen LogP contribution is 2.21. The zero-order valence-electron chi connectivity index (χ0n) is 15.4. The molecule has 27 heavy (non-hydrogen) atoms. The van der Waals surface area contributed by atoms with Crippen LogP contribution in [0.3, 0.4) is 0 Å². The molecule has 7 heteroatoms. The Morgan fingerprint density at radius 1 is 1.30 bits per heavy atom. The molecule has 3 N–H and O–H groups in total. The lowest BCUT2D eigenvalue weighted by molar-refractivity contribution is -0.134. The summed E-state index contributed by atoms with van der Waals surface area (Å²) in [5, 5.41) is 2.73. The predicted molar refractivity (Wildman–Crippen MR) is 102 cm³/mol. The Kier molecular flexibility index (Phi) is 6.13. The Morgan fingerprint density at radius 2 is 2.07 bits per heavy atom. The second-order valence-corrected chi connectivity index (χ2v) is 6.83. The molecular weight excluding hydrogens is 346 g/mol. The minimum Gasteiger partial charge on any atom is -0.484 e. The number of rotatable bonds is 6. The summed E-state index contributed by atoms with van der Waals surface area (Å²) in [4.78, 5) is 26.2. The van der Waals surface area contributed by atoms with E-state index in [0.29, 0.717) is 30.4 Å². The highest BCUT2D eigenvalue weighted by atomic mass is 16.5. The van der Waals surface area contributed by atoms with Crippen LogP contribution in [0.1, 0.15) is 30.3 Å². The van der Waals surface area contributed by atoms with Crippen molar-refractivity contribution in [2.45, 2.75) is 25.8 Å². The van der Waals surface area contributed by atoms with Gasteiger partial charge in [0.1, 0.15) is 5.75 Å². The maximum absolute atomic E-state index is 12.4. The lowest BCUT2D eigenvalue weighted by atomic mass is 9.91. The third-order valence-electron chi connectivity index (χ3n) is 4.84. The van der Waals surface area contributed by atoms with Crippen molar-refractivity contribution in [1.29, 1.82) is 0 Å². The van der Waals surface area contributed by atoms with Crippen LogP contribution in [0.2, 0.25) is 0 Å². The van der Waals surface area contributed by atoms with Crippen LogP contribution in [0.5, 0.6) is 5.75 Å². The smallest absolute Gasteiger partial charge is 0.291 e. The van der Waals surface area contributed by atoms with Gasteiger partial charge < -0.3 is 25.1 Å². The highest BCUT2D eigenvalue weighted by molar-refractivity contribution is 6.02. The first kappa shape index (κ1) is 19.0. The van der Waals surface area contributed by atoms with Gasteiger partial charge in [-0.2, -0.15) is 0 Å². The summed E-state index contributed by atoms with van der Waals surface area (Å²) in [5.41, 5.74) is 6.51. The molecule has 1 aliphatic heterocycles. The predicted octanol–water partition coefficient (Wildman–Crippen LogP) is 2.50. The van der Waals surface area contributed by atoms with E-state index in [2.05, 4.69) is 5.32 Å². The van der Waals surface area contributed by atoms with E-state index in [-0.39, 0.29) is 30.2 Å². The van der Waals surface area contributed by atoms with E-state index in [4.69, 9.17) is 14.9 Å². The number of carbonyl (C=O) groups excluding carboxylic acids is 2. The van der Waals surface area contributed by atoms with Gasteiger partial charge in [-0.3, -0.25) is 9.59 Å². The Bertz CT molecular complexity index is 765. The Balaban J connectivity index is 1.50. The van der Waals surface area contributed by atoms with Crippen molar-refractivity contribution in [3.05, 3.63) is 48.4 Å². The monoisotopic (exact) mass is 371 g/mol. The number of nitrogens with zero attached hydrogens (tertiary/aromatic N) is 1. The molecule has 1 atom stereocenters. The average molecular weight is 371 g/mol. The van der Waals surface area contributed by atoms with Crippen LogP contribution in [0.15, 0.2) is 47.1 Å². The second kappa shape index (κ2) is 8.73. The van der Waals surface area contributed by atoms with Crippen molar-refractivity contribution in [1.82, 2.24) is 4.90 Å². The summed E-state index contributed by atoms with van der Waals surface area (Å²) in [7, 11) is 0. The molecule has 0 spiro atoms. The molecule has 0 bridgehead atoms. The number of likely N-dealkylation sites (tertiary alicyclic amines) is 1. The van der Waals surface area contributed by atoms with Gasteiger partial charge in [0.15, 0.2) is 12.4 Å². The molecule has 1 unspecified atom stereocenters. The molecule has 3 rings (SSSR count). The van der Waals surface area contributed by atoms with E-state index in [1.807, 2.05) is 11.8 Å². The third-order valence-corrected chi connectivity index (χ3v) is 4.84. The Labute approximate surface area is 158 Å². The van der Waals surface area contributed by atoms with Gasteiger partial charge >= 0.3 is 0 Å². The van der Waals surface area contributed by atoms with Gasteiger partial charge in [0.25, 0.3) is 11.8 Å². The maximum atomic E-state index is 12.4. The van der Waals surface area contributed by atoms with Crippen molar-refractivity contribution in [3.8, 4) is 5.75 Å². The molecule has 1 fully saturated rings. The van der Waals surface area contributed by atoms with E-state index >= 15 is 0 Å². The Hall–Kier alpha value is -2.80. The normalized spacial score (nSPS) is 16.0. The molecule has 2 amide bonds. The molecule has 1 saturated heterocycles. The maximum Gasteiger partial charge on any atom is 0.291 e. The van der Waals surface area contributed by atoms with E-state index in [9.17, 15) is 9.59 Å². The Morgan fingerprint density at radius 3 is 2.74 bits per heavy atom. The molecule has 1 aromatic heterocycles. The fraction of sp³-hybridized carbons (Fsp3) is 0.400. The topological polar surface area (TPSA) is 97.8 Å². The molecule has 7 nitrogen and oxygen atoms in total. The molecule has 0 radical (unpaired) electrons. The van der Waals surface area contributed by atoms with Crippen molar-refractivity contribution < 1.29 is 18.7 Å². The molecule has 0 aliphatic carbocycles. The third kappa shape index (κ3) is 5.10. The summed E-state index contributed by atoms with van der Waals surface area (Å²) in [6.07, 6.45) is 3.30. The van der Waals surface area contributed by atoms with Gasteiger partial charge in [-0.25, -0.2) is 0 Å². The minimum absolute atomic E-state index is 0.0293. The SMILES string of the molecule is CC(N)C1CCN(C(=O)COc2cccc(NC(=O)c3ccco3)c2)CC1. The molecule has 1 aromatic carbocycles. The van der Waals surface area contributed by atoms with Crippen LogP contribution < -0.4 is 15.8 Å². The molecule has 0 saturated carbocycles. The number of furan rings is 1. The fourth-order valence-electron chi connectivity index (χ4n) is 3.18. The van der Waals surface area contributed by atoms with Crippen LogP contribution in [0.25, 0.3) is 0 Å². The number of ether oxygens (including phenoxy) is 1. The van der Waals surface area contributed by atoms with E-state index in [1.165, 1.54) is 6.26 Å². The number of anilines is 1. The lowest BCUT2D eigenvalue weighted by Crippen LogP contribution is -2.44. The quantitative estimate of drug-likeness (QED) is 0.813. The number of carbonyl (C=O) groups is 2. The molecule has 2 heterocycles. The number of nitrogens with one attached hydrogen (secondary N) is 1. The van der Waals surface area contributed by atoms with Gasteiger partial charge in [0.05, 0.1) is 6.26 Å². The van der Waals surface area contributed by atoms with Crippen molar-refractivity contribution in [3.63, 3.8) is 0 Å². The summed E-state index contributed by atoms with van der Waals surface area (Å²) in [6.45, 7) is 3.42. The van der Waals surface area contributed by atoms with Crippen LogP contribution in [-0.4, -0.2) is 42.5 Å². The average Bonchev–Trinajstić information content (AvgIpc) is 3.21. The van der Waals surface area contributed by atoms with E-state index in [0.717, 1.165) is 12.8 Å². The van der Waals surface area contributed by atoms with Crippen LogP contribution in [0.4, 0.5) is 5.69 Å². The summed E-state index contributed by atoms with van der Waals surface area (Å²) < 4.78 is 10.7. The zero-order valence-corrected chi connectivity index (χ0v) is 15.4. The number of piperidine rings is 1. The first-order chi connectivity index (χ1) is 13.0. The van der Waals surface area contributed by atoms with Crippen molar-refractivity contribution in [2.75, 3.05) is 25.0 Å². The van der Waals surface area contributed by atoms with Gasteiger partial charge in [0.2, 0.25) is 0 Å². The summed E-state index contributed by atoms with van der Waals surface area (Å²) in [5.74, 6) is 0.843. The van der Waals surface area contributed by atoms with E-state index < -0.39 is 0 Å². The molecular formula is C20H25N3O4. The fourth-order valence-corrected chi connectivity index (χ4v) is 3.18. The summed E-state index contributed by atoms with van der Waals surface area (Å²) >= 11 is 0. The first-order valence-corrected chi connectivity index (χ1v) is 9.14. The van der Waals surface area contributed by atoms with E-state index in [1.54, 1.807) is 36.4 Å². The lowest BCUT2D eigenvalue weighted by Gasteiger charge is -2.33. The van der Waals surface area contributed by atoms with Crippen molar-refractivity contribution >= 4 is 17.5 Å². The molecule has 1 aliphatic rings. The minimum atomic E-state index is -0.342.